The molecular weight excluding hydrogens is 304 g/mol. The summed E-state index contributed by atoms with van der Waals surface area (Å²) >= 11 is 3.00. The lowest BCUT2D eigenvalue weighted by Gasteiger charge is -2.22. The molecule has 1 aromatic carbocycles. The van der Waals surface area contributed by atoms with Crippen LogP contribution in [0, 0.1) is 17.6 Å². The molecule has 0 aromatic heterocycles. The van der Waals surface area contributed by atoms with Crippen LogP contribution in [0.4, 0.5) is 8.78 Å². The van der Waals surface area contributed by atoms with Gasteiger partial charge in [-0.3, -0.25) is 4.79 Å². The molecule has 2 atom stereocenters. The second-order valence-electron chi connectivity index (χ2n) is 4.89. The minimum absolute atomic E-state index is 0.0231. The van der Waals surface area contributed by atoms with Gasteiger partial charge in [-0.2, -0.15) is 0 Å². The summed E-state index contributed by atoms with van der Waals surface area (Å²) in [6.45, 7) is 4.48. The van der Waals surface area contributed by atoms with Gasteiger partial charge in [-0.1, -0.05) is 22.9 Å². The first kappa shape index (κ1) is 13.5. The molecule has 0 aliphatic carbocycles. The summed E-state index contributed by atoms with van der Waals surface area (Å²) in [4.78, 5) is 13.7. The molecule has 1 amide bonds. The van der Waals surface area contributed by atoms with Gasteiger partial charge >= 0.3 is 0 Å². The lowest BCUT2D eigenvalue weighted by Crippen LogP contribution is -2.35. The van der Waals surface area contributed by atoms with E-state index in [1.54, 1.807) is 4.90 Å². The van der Waals surface area contributed by atoms with Crippen molar-refractivity contribution >= 4 is 21.8 Å². The number of amides is 1. The first-order valence-corrected chi connectivity index (χ1v) is 6.65. The van der Waals surface area contributed by atoms with Gasteiger partial charge in [-0.15, -0.1) is 0 Å². The Bertz CT molecular complexity index is 469. The van der Waals surface area contributed by atoms with Crippen LogP contribution in [-0.4, -0.2) is 23.4 Å². The molecule has 5 heteroatoms. The molecule has 98 valence electrons. The maximum absolute atomic E-state index is 13.7. The fourth-order valence-electron chi connectivity index (χ4n) is 2.47. The van der Waals surface area contributed by atoms with E-state index in [0.29, 0.717) is 12.5 Å². The van der Waals surface area contributed by atoms with Crippen LogP contribution < -0.4 is 0 Å². The minimum atomic E-state index is -0.821. The van der Waals surface area contributed by atoms with Gasteiger partial charge < -0.3 is 4.90 Å². The molecule has 0 bridgehead atoms. The maximum atomic E-state index is 13.7. The quantitative estimate of drug-likeness (QED) is 0.775. The van der Waals surface area contributed by atoms with Crippen molar-refractivity contribution in [2.75, 3.05) is 6.54 Å². The third-order valence-electron chi connectivity index (χ3n) is 3.27. The highest BCUT2D eigenvalue weighted by molar-refractivity contribution is 9.10. The van der Waals surface area contributed by atoms with Crippen molar-refractivity contribution < 1.29 is 13.6 Å². The Hall–Kier alpha value is -0.970. The predicted octanol–water partition coefficient (Wildman–Crippen LogP) is 3.60. The topological polar surface area (TPSA) is 20.3 Å². The van der Waals surface area contributed by atoms with Crippen molar-refractivity contribution in [3.8, 4) is 0 Å². The van der Waals surface area contributed by atoms with E-state index in [1.165, 1.54) is 0 Å². The van der Waals surface area contributed by atoms with E-state index < -0.39 is 23.1 Å². The second kappa shape index (κ2) is 4.96. The molecular formula is C13H14BrF2NO. The molecule has 0 spiro atoms. The van der Waals surface area contributed by atoms with E-state index in [1.807, 2.05) is 13.8 Å². The standard InChI is InChI=1S/C13H14BrF2NO/c1-7-3-8(2)17(6-7)13(18)12-10(15)4-9(14)5-11(12)16/h4-5,7-8H,3,6H2,1-2H3. The number of carbonyl (C=O) groups excluding carboxylic acids is 1. The van der Waals surface area contributed by atoms with Gasteiger partial charge in [0, 0.05) is 17.1 Å². The molecule has 0 N–H and O–H groups in total. The fourth-order valence-corrected chi connectivity index (χ4v) is 2.87. The average Bonchev–Trinajstić information content (AvgIpc) is 2.56. The molecule has 1 aromatic rings. The van der Waals surface area contributed by atoms with Crippen molar-refractivity contribution in [2.45, 2.75) is 26.3 Å². The van der Waals surface area contributed by atoms with Crippen LogP contribution in [0.1, 0.15) is 30.6 Å². The van der Waals surface area contributed by atoms with Crippen molar-refractivity contribution in [2.24, 2.45) is 5.92 Å². The Morgan fingerprint density at radius 1 is 1.33 bits per heavy atom. The zero-order valence-electron chi connectivity index (χ0n) is 10.2. The highest BCUT2D eigenvalue weighted by Gasteiger charge is 2.33. The third kappa shape index (κ3) is 2.41. The van der Waals surface area contributed by atoms with E-state index in [4.69, 9.17) is 0 Å². The molecule has 1 aliphatic heterocycles. The summed E-state index contributed by atoms with van der Waals surface area (Å²) < 4.78 is 27.7. The Balaban J connectivity index is 2.35. The summed E-state index contributed by atoms with van der Waals surface area (Å²) in [7, 11) is 0. The highest BCUT2D eigenvalue weighted by atomic mass is 79.9. The number of carbonyl (C=O) groups is 1. The van der Waals surface area contributed by atoms with E-state index in [0.717, 1.165) is 18.6 Å². The second-order valence-corrected chi connectivity index (χ2v) is 5.81. The Morgan fingerprint density at radius 2 is 1.89 bits per heavy atom. The number of benzene rings is 1. The molecule has 1 heterocycles. The van der Waals surface area contributed by atoms with E-state index in [9.17, 15) is 13.6 Å². The summed E-state index contributed by atoms with van der Waals surface area (Å²) in [6.07, 6.45) is 0.867. The SMILES string of the molecule is CC1CC(C)N(C(=O)c2c(F)cc(Br)cc2F)C1. The highest BCUT2D eigenvalue weighted by Crippen LogP contribution is 2.27. The molecule has 1 aliphatic rings. The van der Waals surface area contributed by atoms with Crippen molar-refractivity contribution in [1.29, 1.82) is 0 Å². The third-order valence-corrected chi connectivity index (χ3v) is 3.72. The molecule has 2 rings (SSSR count). The lowest BCUT2D eigenvalue weighted by atomic mass is 10.1. The van der Waals surface area contributed by atoms with Crippen LogP contribution in [-0.2, 0) is 0 Å². The Labute approximate surface area is 113 Å². The van der Waals surface area contributed by atoms with Crippen LogP contribution >= 0.6 is 15.9 Å². The zero-order valence-corrected chi connectivity index (χ0v) is 11.8. The van der Waals surface area contributed by atoms with Gasteiger partial charge in [0.05, 0.1) is 0 Å². The minimum Gasteiger partial charge on any atom is -0.335 e. The summed E-state index contributed by atoms with van der Waals surface area (Å²) in [5, 5.41) is 0. The monoisotopic (exact) mass is 317 g/mol. The molecule has 0 radical (unpaired) electrons. The summed E-state index contributed by atoms with van der Waals surface area (Å²) in [5.74, 6) is -1.84. The van der Waals surface area contributed by atoms with E-state index in [2.05, 4.69) is 15.9 Å². The van der Waals surface area contributed by atoms with Gasteiger partial charge in [0.25, 0.3) is 5.91 Å². The van der Waals surface area contributed by atoms with Gasteiger partial charge in [-0.25, -0.2) is 8.78 Å². The van der Waals surface area contributed by atoms with Gasteiger partial charge in [0.15, 0.2) is 0 Å². The first-order chi connectivity index (χ1) is 8.40. The Kier molecular flexibility index (Phi) is 3.71. The molecule has 1 fully saturated rings. The van der Waals surface area contributed by atoms with Crippen molar-refractivity contribution in [1.82, 2.24) is 4.90 Å². The van der Waals surface area contributed by atoms with Crippen molar-refractivity contribution in [3.63, 3.8) is 0 Å². The van der Waals surface area contributed by atoms with Crippen LogP contribution in [0.3, 0.4) is 0 Å². The van der Waals surface area contributed by atoms with Gasteiger partial charge in [-0.05, 0) is 31.4 Å². The maximum Gasteiger partial charge on any atom is 0.260 e. The van der Waals surface area contributed by atoms with E-state index in [-0.39, 0.29) is 10.5 Å². The molecule has 0 saturated carbocycles. The molecule has 18 heavy (non-hydrogen) atoms. The average molecular weight is 318 g/mol. The molecule has 2 unspecified atom stereocenters. The number of likely N-dealkylation sites (tertiary alicyclic amines) is 1. The number of rotatable bonds is 1. The summed E-state index contributed by atoms with van der Waals surface area (Å²) in [5.41, 5.74) is -0.459. The fraction of sp³-hybridized carbons (Fsp3) is 0.462. The number of hydrogen-bond donors (Lipinski definition) is 0. The van der Waals surface area contributed by atoms with Crippen LogP contribution in [0.2, 0.25) is 0 Å². The van der Waals surface area contributed by atoms with Crippen LogP contribution in [0.5, 0.6) is 0 Å². The normalized spacial score (nSPS) is 23.5. The molecule has 2 nitrogen and oxygen atoms in total. The lowest BCUT2D eigenvalue weighted by molar-refractivity contribution is 0.0734. The van der Waals surface area contributed by atoms with Gasteiger partial charge in [0.1, 0.15) is 17.2 Å². The van der Waals surface area contributed by atoms with Crippen molar-refractivity contribution in [3.05, 3.63) is 33.8 Å². The smallest absolute Gasteiger partial charge is 0.260 e. The van der Waals surface area contributed by atoms with Crippen LogP contribution in [0.15, 0.2) is 16.6 Å². The van der Waals surface area contributed by atoms with Crippen LogP contribution in [0.25, 0.3) is 0 Å². The van der Waals surface area contributed by atoms with Gasteiger partial charge in [0.2, 0.25) is 0 Å². The number of halogens is 3. The summed E-state index contributed by atoms with van der Waals surface area (Å²) in [6, 6.07) is 2.25. The predicted molar refractivity (Wildman–Crippen MR) is 68.3 cm³/mol. The van der Waals surface area contributed by atoms with E-state index >= 15 is 0 Å². The Morgan fingerprint density at radius 3 is 2.33 bits per heavy atom. The number of nitrogens with zero attached hydrogens (tertiary/aromatic N) is 1. The molecule has 1 saturated heterocycles. The number of hydrogen-bond acceptors (Lipinski definition) is 1. The largest absolute Gasteiger partial charge is 0.335 e. The first-order valence-electron chi connectivity index (χ1n) is 5.85. The zero-order chi connectivity index (χ0) is 13.4.